The molecule has 0 spiro atoms. The van der Waals surface area contributed by atoms with Crippen LogP contribution >= 0.6 is 11.3 Å². The van der Waals surface area contributed by atoms with Crippen LogP contribution in [0.3, 0.4) is 0 Å². The van der Waals surface area contributed by atoms with Gasteiger partial charge in [-0.15, -0.1) is 11.3 Å². The highest BCUT2D eigenvalue weighted by Crippen LogP contribution is 2.24. The number of nitrogens with one attached hydrogen (secondary N) is 1. The highest BCUT2D eigenvalue weighted by molar-refractivity contribution is 7.13. The maximum atomic E-state index is 11.8. The predicted octanol–water partition coefficient (Wildman–Crippen LogP) is 2.62. The standard InChI is InChI=1S/C18H23N3O2S/c22-17(13-23-12-15-6-2-1-3-7-15)19-9-8-16-14-24-18(20-16)21-10-4-5-11-21/h1-3,6-7,14H,4-5,8-13H2,(H,19,22). The second-order valence-corrected chi connectivity index (χ2v) is 6.73. The van der Waals surface area contributed by atoms with Crippen molar-refractivity contribution in [3.05, 3.63) is 47.0 Å². The van der Waals surface area contributed by atoms with Crippen LogP contribution in [0.4, 0.5) is 5.13 Å². The quantitative estimate of drug-likeness (QED) is 0.799. The van der Waals surface area contributed by atoms with Crippen molar-refractivity contribution in [1.29, 1.82) is 0 Å². The van der Waals surface area contributed by atoms with E-state index in [1.165, 1.54) is 12.8 Å². The third-order valence-electron chi connectivity index (χ3n) is 3.96. The molecule has 1 N–H and O–H groups in total. The van der Waals surface area contributed by atoms with Crippen molar-refractivity contribution >= 4 is 22.4 Å². The number of carbonyl (C=O) groups is 1. The largest absolute Gasteiger partial charge is 0.367 e. The fourth-order valence-electron chi connectivity index (χ4n) is 2.68. The number of benzene rings is 1. The van der Waals surface area contributed by atoms with Crippen molar-refractivity contribution in [1.82, 2.24) is 10.3 Å². The summed E-state index contributed by atoms with van der Waals surface area (Å²) in [5, 5.41) is 6.08. The number of hydrogen-bond donors (Lipinski definition) is 1. The Labute approximate surface area is 146 Å². The molecule has 128 valence electrons. The van der Waals surface area contributed by atoms with E-state index in [4.69, 9.17) is 4.74 Å². The van der Waals surface area contributed by atoms with Gasteiger partial charge in [0.2, 0.25) is 5.91 Å². The summed E-state index contributed by atoms with van der Waals surface area (Å²) in [6, 6.07) is 9.85. The maximum absolute atomic E-state index is 11.8. The van der Waals surface area contributed by atoms with Gasteiger partial charge in [-0.1, -0.05) is 30.3 Å². The van der Waals surface area contributed by atoms with Crippen LogP contribution in [0.2, 0.25) is 0 Å². The zero-order valence-electron chi connectivity index (χ0n) is 13.7. The van der Waals surface area contributed by atoms with Gasteiger partial charge in [-0.2, -0.15) is 0 Å². The molecule has 24 heavy (non-hydrogen) atoms. The van der Waals surface area contributed by atoms with Crippen molar-refractivity contribution in [3.63, 3.8) is 0 Å². The molecule has 2 aromatic rings. The van der Waals surface area contributed by atoms with Gasteiger partial charge in [0.25, 0.3) is 0 Å². The zero-order valence-corrected chi connectivity index (χ0v) is 14.6. The first-order valence-electron chi connectivity index (χ1n) is 8.39. The summed E-state index contributed by atoms with van der Waals surface area (Å²) in [7, 11) is 0. The van der Waals surface area contributed by atoms with E-state index < -0.39 is 0 Å². The first-order valence-corrected chi connectivity index (χ1v) is 9.27. The van der Waals surface area contributed by atoms with Crippen molar-refractivity contribution in [2.24, 2.45) is 0 Å². The third kappa shape index (κ3) is 5.04. The van der Waals surface area contributed by atoms with Crippen LogP contribution in [0.15, 0.2) is 35.7 Å². The molecule has 1 aromatic carbocycles. The zero-order chi connectivity index (χ0) is 16.6. The van der Waals surface area contributed by atoms with E-state index in [0.29, 0.717) is 13.2 Å². The van der Waals surface area contributed by atoms with Gasteiger partial charge in [0.1, 0.15) is 6.61 Å². The summed E-state index contributed by atoms with van der Waals surface area (Å²) >= 11 is 1.69. The molecular formula is C18H23N3O2S. The lowest BCUT2D eigenvalue weighted by molar-refractivity contribution is -0.126. The molecule has 3 rings (SSSR count). The van der Waals surface area contributed by atoms with Gasteiger partial charge >= 0.3 is 0 Å². The average molecular weight is 345 g/mol. The van der Waals surface area contributed by atoms with Crippen molar-refractivity contribution in [3.8, 4) is 0 Å². The minimum Gasteiger partial charge on any atom is -0.367 e. The number of ether oxygens (including phenoxy) is 1. The first-order chi connectivity index (χ1) is 11.8. The first kappa shape index (κ1) is 16.9. The third-order valence-corrected chi connectivity index (χ3v) is 4.91. The Bertz CT molecular complexity index is 639. The van der Waals surface area contributed by atoms with Crippen molar-refractivity contribution < 1.29 is 9.53 Å². The Balaban J connectivity index is 1.32. The Morgan fingerprint density at radius 2 is 2.04 bits per heavy atom. The molecule has 6 heteroatoms. The topological polar surface area (TPSA) is 54.5 Å². The Kier molecular flexibility index (Phi) is 6.20. The highest BCUT2D eigenvalue weighted by atomic mass is 32.1. The van der Waals surface area contributed by atoms with E-state index in [9.17, 15) is 4.79 Å². The molecule has 1 fully saturated rings. The fraction of sp³-hybridized carbons (Fsp3) is 0.444. The Morgan fingerprint density at radius 1 is 1.25 bits per heavy atom. The molecule has 0 bridgehead atoms. The second-order valence-electron chi connectivity index (χ2n) is 5.89. The second kappa shape index (κ2) is 8.80. The SMILES string of the molecule is O=C(COCc1ccccc1)NCCc1csc(N2CCCC2)n1. The number of hydrogen-bond acceptors (Lipinski definition) is 5. The minimum absolute atomic E-state index is 0.0825. The van der Waals surface area contributed by atoms with E-state index >= 15 is 0 Å². The molecule has 1 amide bonds. The molecule has 0 atom stereocenters. The summed E-state index contributed by atoms with van der Waals surface area (Å²) < 4.78 is 5.42. The number of amides is 1. The normalized spacial score (nSPS) is 14.1. The molecule has 0 unspecified atom stereocenters. The molecule has 0 saturated carbocycles. The lowest BCUT2D eigenvalue weighted by Gasteiger charge is -2.12. The smallest absolute Gasteiger partial charge is 0.246 e. The van der Waals surface area contributed by atoms with E-state index in [0.717, 1.165) is 35.9 Å². The number of rotatable bonds is 8. The van der Waals surface area contributed by atoms with Crippen LogP contribution in [-0.4, -0.2) is 37.1 Å². The van der Waals surface area contributed by atoms with Gasteiger partial charge in [0, 0.05) is 31.4 Å². The van der Waals surface area contributed by atoms with Crippen LogP contribution in [-0.2, 0) is 22.6 Å². The number of thiazole rings is 1. The molecule has 0 aliphatic carbocycles. The van der Waals surface area contributed by atoms with E-state index in [2.05, 4.69) is 20.6 Å². The van der Waals surface area contributed by atoms with Gasteiger partial charge in [-0.25, -0.2) is 4.98 Å². The van der Waals surface area contributed by atoms with Crippen LogP contribution in [0.5, 0.6) is 0 Å². The molecule has 0 radical (unpaired) electrons. The van der Waals surface area contributed by atoms with Gasteiger partial charge < -0.3 is 15.0 Å². The summed E-state index contributed by atoms with van der Waals surface area (Å²) in [6.45, 7) is 3.37. The number of anilines is 1. The molecule has 5 nitrogen and oxygen atoms in total. The van der Waals surface area contributed by atoms with Gasteiger partial charge in [-0.3, -0.25) is 4.79 Å². The highest BCUT2D eigenvalue weighted by Gasteiger charge is 2.15. The lowest BCUT2D eigenvalue weighted by Crippen LogP contribution is -2.29. The molecule has 1 aliphatic rings. The maximum Gasteiger partial charge on any atom is 0.246 e. The average Bonchev–Trinajstić information content (AvgIpc) is 3.27. The van der Waals surface area contributed by atoms with E-state index in [-0.39, 0.29) is 12.5 Å². The van der Waals surface area contributed by atoms with Crippen LogP contribution in [0, 0.1) is 0 Å². The van der Waals surface area contributed by atoms with Crippen LogP contribution in [0.25, 0.3) is 0 Å². The minimum atomic E-state index is -0.0825. The molecule has 1 aromatic heterocycles. The molecule has 1 aliphatic heterocycles. The Morgan fingerprint density at radius 3 is 2.83 bits per heavy atom. The fourth-order valence-corrected chi connectivity index (χ4v) is 3.60. The van der Waals surface area contributed by atoms with Crippen molar-refractivity contribution in [2.75, 3.05) is 31.1 Å². The summed E-state index contributed by atoms with van der Waals surface area (Å²) in [5.41, 5.74) is 2.12. The number of aromatic nitrogens is 1. The van der Waals surface area contributed by atoms with Crippen LogP contribution < -0.4 is 10.2 Å². The van der Waals surface area contributed by atoms with Gasteiger partial charge in [-0.05, 0) is 18.4 Å². The molecule has 1 saturated heterocycles. The van der Waals surface area contributed by atoms with Gasteiger partial charge in [0.05, 0.1) is 12.3 Å². The number of carbonyl (C=O) groups excluding carboxylic acids is 1. The predicted molar refractivity (Wildman–Crippen MR) is 96.4 cm³/mol. The summed E-state index contributed by atoms with van der Waals surface area (Å²) in [5.74, 6) is -0.0825. The monoisotopic (exact) mass is 345 g/mol. The van der Waals surface area contributed by atoms with E-state index in [1.807, 2.05) is 30.3 Å². The van der Waals surface area contributed by atoms with Crippen LogP contribution in [0.1, 0.15) is 24.1 Å². The van der Waals surface area contributed by atoms with Gasteiger partial charge in [0.15, 0.2) is 5.13 Å². The lowest BCUT2D eigenvalue weighted by atomic mass is 10.2. The summed E-state index contributed by atoms with van der Waals surface area (Å²) in [4.78, 5) is 18.8. The van der Waals surface area contributed by atoms with Crippen molar-refractivity contribution in [2.45, 2.75) is 25.9 Å². The molecular weight excluding hydrogens is 322 g/mol. The summed E-state index contributed by atoms with van der Waals surface area (Å²) in [6.07, 6.45) is 3.27. The Hall–Kier alpha value is -1.92. The number of nitrogens with zero attached hydrogens (tertiary/aromatic N) is 2. The van der Waals surface area contributed by atoms with E-state index in [1.54, 1.807) is 11.3 Å². The molecule has 2 heterocycles.